The van der Waals surface area contributed by atoms with Crippen molar-refractivity contribution < 1.29 is 4.79 Å². The van der Waals surface area contributed by atoms with E-state index in [1.165, 1.54) is 25.7 Å². The molecule has 1 atom stereocenters. The first-order chi connectivity index (χ1) is 10.0. The number of nitrogens with two attached hydrogens (primary N) is 1. The van der Waals surface area contributed by atoms with E-state index in [9.17, 15) is 4.79 Å². The summed E-state index contributed by atoms with van der Waals surface area (Å²) in [6.45, 7) is 5.01. The van der Waals surface area contributed by atoms with Gasteiger partial charge in [0.2, 0.25) is 0 Å². The molecule has 0 bridgehead atoms. The minimum absolute atomic E-state index is 0.0287. The molecule has 1 aliphatic carbocycles. The van der Waals surface area contributed by atoms with Crippen LogP contribution in [0.2, 0.25) is 0 Å². The molecule has 1 aliphatic rings. The molecule has 1 unspecified atom stereocenters. The van der Waals surface area contributed by atoms with Gasteiger partial charge in [-0.1, -0.05) is 31.9 Å². The van der Waals surface area contributed by atoms with Gasteiger partial charge in [0.25, 0.3) is 0 Å². The number of anilines is 1. The number of hydrogen-bond acceptors (Lipinski definition) is 2. The van der Waals surface area contributed by atoms with E-state index in [1.807, 2.05) is 31.2 Å². The average molecular weight is 289 g/mol. The second-order valence-electron chi connectivity index (χ2n) is 6.38. The monoisotopic (exact) mass is 289 g/mol. The van der Waals surface area contributed by atoms with Gasteiger partial charge in [-0.05, 0) is 49.3 Å². The van der Waals surface area contributed by atoms with Crippen LogP contribution in [0.25, 0.3) is 0 Å². The molecule has 21 heavy (non-hydrogen) atoms. The van der Waals surface area contributed by atoms with Crippen molar-refractivity contribution in [2.45, 2.75) is 45.6 Å². The van der Waals surface area contributed by atoms with E-state index in [1.54, 1.807) is 0 Å². The van der Waals surface area contributed by atoms with Crippen LogP contribution in [0.3, 0.4) is 0 Å². The maximum atomic E-state index is 11.9. The van der Waals surface area contributed by atoms with Crippen molar-refractivity contribution >= 4 is 11.7 Å². The van der Waals surface area contributed by atoms with Gasteiger partial charge in [0.05, 0.1) is 0 Å². The number of urea groups is 1. The van der Waals surface area contributed by atoms with Gasteiger partial charge in [-0.3, -0.25) is 0 Å². The summed E-state index contributed by atoms with van der Waals surface area (Å²) < 4.78 is 0. The normalized spacial score (nSPS) is 23.4. The summed E-state index contributed by atoms with van der Waals surface area (Å²) in [5, 5.41) is 5.86. The van der Waals surface area contributed by atoms with Crippen molar-refractivity contribution in [3.8, 4) is 0 Å². The number of benzene rings is 1. The van der Waals surface area contributed by atoms with E-state index in [-0.39, 0.29) is 12.1 Å². The minimum atomic E-state index is -0.129. The predicted molar refractivity (Wildman–Crippen MR) is 87.2 cm³/mol. The molecule has 4 N–H and O–H groups in total. The van der Waals surface area contributed by atoms with Crippen LogP contribution in [0, 0.1) is 11.8 Å². The van der Waals surface area contributed by atoms with Crippen molar-refractivity contribution in [2.24, 2.45) is 17.6 Å². The fourth-order valence-corrected chi connectivity index (χ4v) is 2.85. The van der Waals surface area contributed by atoms with Crippen molar-refractivity contribution in [1.82, 2.24) is 5.32 Å². The Balaban J connectivity index is 1.78. The van der Waals surface area contributed by atoms with Gasteiger partial charge in [-0.15, -0.1) is 0 Å². The summed E-state index contributed by atoms with van der Waals surface area (Å²) >= 11 is 0. The maximum Gasteiger partial charge on any atom is 0.319 e. The molecule has 116 valence electrons. The molecule has 2 rings (SSSR count). The van der Waals surface area contributed by atoms with Crippen LogP contribution in [-0.4, -0.2) is 12.6 Å². The molecule has 2 amide bonds. The third kappa shape index (κ3) is 5.05. The zero-order valence-electron chi connectivity index (χ0n) is 13.1. The van der Waals surface area contributed by atoms with E-state index in [0.717, 1.165) is 23.7 Å². The first kappa shape index (κ1) is 15.8. The summed E-state index contributed by atoms with van der Waals surface area (Å²) in [6.07, 6.45) is 5.01. The minimum Gasteiger partial charge on any atom is -0.338 e. The zero-order valence-corrected chi connectivity index (χ0v) is 13.1. The van der Waals surface area contributed by atoms with E-state index in [2.05, 4.69) is 17.6 Å². The zero-order chi connectivity index (χ0) is 15.2. The lowest BCUT2D eigenvalue weighted by molar-refractivity contribution is 0.243. The smallest absolute Gasteiger partial charge is 0.319 e. The van der Waals surface area contributed by atoms with Crippen LogP contribution < -0.4 is 16.4 Å². The van der Waals surface area contributed by atoms with E-state index in [0.29, 0.717) is 5.92 Å². The Labute approximate surface area is 127 Å². The number of rotatable bonds is 4. The highest BCUT2D eigenvalue weighted by atomic mass is 16.2. The van der Waals surface area contributed by atoms with Crippen LogP contribution in [0.5, 0.6) is 0 Å². The summed E-state index contributed by atoms with van der Waals surface area (Å²) in [7, 11) is 0. The Morgan fingerprint density at radius 3 is 2.71 bits per heavy atom. The Morgan fingerprint density at radius 2 is 2.05 bits per heavy atom. The average Bonchev–Trinajstić information content (AvgIpc) is 2.47. The van der Waals surface area contributed by atoms with Crippen LogP contribution in [0.15, 0.2) is 24.3 Å². The number of hydrogen-bond donors (Lipinski definition) is 3. The lowest BCUT2D eigenvalue weighted by Gasteiger charge is -2.26. The Kier molecular flexibility index (Phi) is 5.62. The molecule has 0 heterocycles. The van der Waals surface area contributed by atoms with Gasteiger partial charge in [-0.25, -0.2) is 4.79 Å². The first-order valence-corrected chi connectivity index (χ1v) is 7.95. The molecule has 1 saturated carbocycles. The molecule has 0 spiro atoms. The molecule has 0 aliphatic heterocycles. The standard InChI is InChI=1S/C17H27N3O/c1-12-6-8-14(9-7-12)11-19-17(21)20-16-5-3-4-15(10-16)13(2)18/h3-5,10,12-14H,6-9,11,18H2,1-2H3,(H2,19,20,21). The highest BCUT2D eigenvalue weighted by molar-refractivity contribution is 5.89. The van der Waals surface area contributed by atoms with Crippen LogP contribution in [0.4, 0.5) is 10.5 Å². The molecular formula is C17H27N3O. The number of carbonyl (C=O) groups is 1. The van der Waals surface area contributed by atoms with Gasteiger partial charge in [-0.2, -0.15) is 0 Å². The maximum absolute atomic E-state index is 11.9. The molecule has 1 aromatic rings. The third-order valence-electron chi connectivity index (χ3n) is 4.36. The second kappa shape index (κ2) is 7.46. The molecule has 1 aromatic carbocycles. The second-order valence-corrected chi connectivity index (χ2v) is 6.38. The van der Waals surface area contributed by atoms with Gasteiger partial charge >= 0.3 is 6.03 Å². The molecule has 4 heteroatoms. The Bertz CT molecular complexity index is 465. The topological polar surface area (TPSA) is 67.2 Å². The molecule has 4 nitrogen and oxygen atoms in total. The first-order valence-electron chi connectivity index (χ1n) is 7.95. The number of carbonyl (C=O) groups excluding carboxylic acids is 1. The highest BCUT2D eigenvalue weighted by Crippen LogP contribution is 2.27. The van der Waals surface area contributed by atoms with Crippen LogP contribution >= 0.6 is 0 Å². The largest absolute Gasteiger partial charge is 0.338 e. The SMILES string of the molecule is CC1CCC(CNC(=O)Nc2cccc(C(C)N)c2)CC1. The van der Waals surface area contributed by atoms with Gasteiger partial charge in [0.15, 0.2) is 0 Å². The summed E-state index contributed by atoms with van der Waals surface area (Å²) in [5.41, 5.74) is 7.67. The number of nitrogens with one attached hydrogen (secondary N) is 2. The van der Waals surface area contributed by atoms with Crippen molar-refractivity contribution in [1.29, 1.82) is 0 Å². The third-order valence-corrected chi connectivity index (χ3v) is 4.36. The van der Waals surface area contributed by atoms with Crippen molar-refractivity contribution in [3.63, 3.8) is 0 Å². The number of amides is 2. The van der Waals surface area contributed by atoms with Gasteiger partial charge in [0.1, 0.15) is 0 Å². The molecule has 0 aromatic heterocycles. The molecular weight excluding hydrogens is 262 g/mol. The highest BCUT2D eigenvalue weighted by Gasteiger charge is 2.18. The van der Waals surface area contributed by atoms with Crippen molar-refractivity contribution in [2.75, 3.05) is 11.9 Å². The Morgan fingerprint density at radius 1 is 1.33 bits per heavy atom. The van der Waals surface area contributed by atoms with E-state index < -0.39 is 0 Å². The van der Waals surface area contributed by atoms with Gasteiger partial charge in [0, 0.05) is 18.3 Å². The lowest BCUT2D eigenvalue weighted by Crippen LogP contribution is -2.34. The summed E-state index contributed by atoms with van der Waals surface area (Å²) in [4.78, 5) is 11.9. The molecule has 1 fully saturated rings. The molecule has 0 saturated heterocycles. The van der Waals surface area contributed by atoms with E-state index in [4.69, 9.17) is 5.73 Å². The van der Waals surface area contributed by atoms with Crippen LogP contribution in [0.1, 0.15) is 51.1 Å². The predicted octanol–water partition coefficient (Wildman–Crippen LogP) is 3.65. The molecule has 0 radical (unpaired) electrons. The quantitative estimate of drug-likeness (QED) is 0.792. The summed E-state index contributed by atoms with van der Waals surface area (Å²) in [5.74, 6) is 1.47. The Hall–Kier alpha value is -1.55. The summed E-state index contributed by atoms with van der Waals surface area (Å²) in [6, 6.07) is 7.53. The van der Waals surface area contributed by atoms with E-state index >= 15 is 0 Å². The van der Waals surface area contributed by atoms with Crippen molar-refractivity contribution in [3.05, 3.63) is 29.8 Å². The van der Waals surface area contributed by atoms with Gasteiger partial charge < -0.3 is 16.4 Å². The fourth-order valence-electron chi connectivity index (χ4n) is 2.85. The fraction of sp³-hybridized carbons (Fsp3) is 0.588. The lowest BCUT2D eigenvalue weighted by atomic mass is 9.83. The van der Waals surface area contributed by atoms with Crippen LogP contribution in [-0.2, 0) is 0 Å².